The molecule has 0 aromatic heterocycles. The van der Waals surface area contributed by atoms with Gasteiger partial charge in [-0.3, -0.25) is 0 Å². The van der Waals surface area contributed by atoms with Gasteiger partial charge in [-0.05, 0) is 47.9 Å². The number of benzene rings is 2. The van der Waals surface area contributed by atoms with Gasteiger partial charge in [0.15, 0.2) is 11.5 Å². The van der Waals surface area contributed by atoms with Crippen LogP contribution in [0.4, 0.5) is 0 Å². The number of hydrogen-bond acceptors (Lipinski definition) is 7. The highest BCUT2D eigenvalue weighted by Crippen LogP contribution is 2.48. The Balaban J connectivity index is 1.52. The van der Waals surface area contributed by atoms with E-state index in [9.17, 15) is 20.4 Å². The van der Waals surface area contributed by atoms with Crippen LogP contribution in [0.1, 0.15) is 47.1 Å². The molecule has 2 heterocycles. The Hall–Kier alpha value is -1.87. The van der Waals surface area contributed by atoms with Crippen LogP contribution < -0.4 is 9.47 Å². The first-order valence-corrected chi connectivity index (χ1v) is 11.4. The molecule has 5 atom stereocenters. The zero-order chi connectivity index (χ0) is 22.4. The fraction of sp³-hybridized carbons (Fsp3) is 0.500. The molecule has 0 radical (unpaired) electrons. The van der Waals surface area contributed by atoms with Crippen molar-refractivity contribution < 1.29 is 34.6 Å². The standard InChI is InChI=1S/C24H27ClO7/c25-18-15(9-12-1-3-13(4-2-12)14-5-6-14)10-16(23-24(18)31-8-7-30-23)22-21(29)20(28)19(27)17(11-26)32-22/h1-4,10,14,17,19-22,26-29H,5-9,11H2/t17-,19-,20+,21-,22+/m1/s1. The van der Waals surface area contributed by atoms with Crippen LogP contribution in [0.2, 0.25) is 5.02 Å². The normalized spacial score (nSPS) is 29.7. The fourth-order valence-corrected chi connectivity index (χ4v) is 4.76. The molecule has 2 aromatic rings. The first-order chi connectivity index (χ1) is 15.5. The molecule has 2 aromatic carbocycles. The van der Waals surface area contributed by atoms with Crippen LogP contribution in [0.25, 0.3) is 0 Å². The number of hydrogen-bond donors (Lipinski definition) is 4. The van der Waals surface area contributed by atoms with Crippen molar-refractivity contribution in [3.8, 4) is 11.5 Å². The summed E-state index contributed by atoms with van der Waals surface area (Å²) in [6, 6.07) is 10.3. The summed E-state index contributed by atoms with van der Waals surface area (Å²) in [5, 5.41) is 41.1. The van der Waals surface area contributed by atoms with Gasteiger partial charge in [-0.25, -0.2) is 0 Å². The lowest BCUT2D eigenvalue weighted by Crippen LogP contribution is -2.55. The van der Waals surface area contributed by atoms with Crippen LogP contribution in [-0.2, 0) is 11.2 Å². The molecule has 1 aliphatic carbocycles. The minimum Gasteiger partial charge on any atom is -0.486 e. The molecule has 32 heavy (non-hydrogen) atoms. The largest absolute Gasteiger partial charge is 0.486 e. The van der Waals surface area contributed by atoms with E-state index in [1.807, 2.05) is 0 Å². The Bertz CT molecular complexity index is 973. The Morgan fingerprint density at radius 2 is 1.59 bits per heavy atom. The average Bonchev–Trinajstić information content (AvgIpc) is 3.66. The summed E-state index contributed by atoms with van der Waals surface area (Å²) in [7, 11) is 0. The van der Waals surface area contributed by atoms with Crippen LogP contribution >= 0.6 is 11.6 Å². The van der Waals surface area contributed by atoms with Gasteiger partial charge in [0.2, 0.25) is 0 Å². The van der Waals surface area contributed by atoms with Crippen molar-refractivity contribution in [2.75, 3.05) is 19.8 Å². The van der Waals surface area contributed by atoms with E-state index in [1.54, 1.807) is 6.07 Å². The molecule has 3 aliphatic rings. The number of fused-ring (bicyclic) bond motifs is 1. The number of aliphatic hydroxyl groups is 4. The van der Waals surface area contributed by atoms with Gasteiger partial charge in [0.05, 0.1) is 11.6 Å². The van der Waals surface area contributed by atoms with Crippen molar-refractivity contribution in [3.05, 3.63) is 57.6 Å². The van der Waals surface area contributed by atoms with E-state index in [4.69, 9.17) is 25.8 Å². The first kappa shape index (κ1) is 21.9. The van der Waals surface area contributed by atoms with Crippen LogP contribution in [0.3, 0.4) is 0 Å². The van der Waals surface area contributed by atoms with E-state index in [0.717, 1.165) is 11.1 Å². The second kappa shape index (κ2) is 8.82. The quantitative estimate of drug-likeness (QED) is 0.538. The van der Waals surface area contributed by atoms with Crippen molar-refractivity contribution in [2.45, 2.75) is 55.7 Å². The van der Waals surface area contributed by atoms with Crippen LogP contribution in [0, 0.1) is 0 Å². The third-order valence-electron chi connectivity index (χ3n) is 6.48. The van der Waals surface area contributed by atoms with Crippen LogP contribution in [-0.4, -0.2) is 64.7 Å². The van der Waals surface area contributed by atoms with Gasteiger partial charge in [-0.1, -0.05) is 35.9 Å². The van der Waals surface area contributed by atoms with Gasteiger partial charge >= 0.3 is 0 Å². The molecule has 0 spiro atoms. The smallest absolute Gasteiger partial charge is 0.180 e. The summed E-state index contributed by atoms with van der Waals surface area (Å²) in [6.45, 7) is 0.130. The Labute approximate surface area is 191 Å². The SMILES string of the molecule is OC[C@H]1O[C@@H](c2cc(Cc3ccc(C4CC4)cc3)c(Cl)c3c2OCCO3)[C@H](O)[C@@H](O)[C@@H]1O. The van der Waals surface area contributed by atoms with E-state index < -0.39 is 37.1 Å². The predicted molar refractivity (Wildman–Crippen MR) is 116 cm³/mol. The van der Waals surface area contributed by atoms with Crippen molar-refractivity contribution in [1.82, 2.24) is 0 Å². The monoisotopic (exact) mass is 462 g/mol. The number of ether oxygens (including phenoxy) is 3. The maximum atomic E-state index is 10.7. The molecule has 0 unspecified atom stereocenters. The third kappa shape index (κ3) is 3.98. The molecule has 0 bridgehead atoms. The summed E-state index contributed by atoms with van der Waals surface area (Å²) >= 11 is 6.69. The number of rotatable bonds is 5. The lowest BCUT2D eigenvalue weighted by molar-refractivity contribution is -0.232. The van der Waals surface area contributed by atoms with Crippen molar-refractivity contribution in [3.63, 3.8) is 0 Å². The van der Waals surface area contributed by atoms with Crippen molar-refractivity contribution in [1.29, 1.82) is 0 Å². The highest BCUT2D eigenvalue weighted by atomic mass is 35.5. The molecule has 1 saturated carbocycles. The van der Waals surface area contributed by atoms with Gasteiger partial charge in [0.25, 0.3) is 0 Å². The second-order valence-electron chi connectivity index (χ2n) is 8.74. The molecular weight excluding hydrogens is 436 g/mol. The molecule has 8 heteroatoms. The van der Waals surface area contributed by atoms with Crippen LogP contribution in [0.5, 0.6) is 11.5 Å². The zero-order valence-electron chi connectivity index (χ0n) is 17.5. The molecular formula is C24H27ClO7. The van der Waals surface area contributed by atoms with E-state index in [1.165, 1.54) is 18.4 Å². The average molecular weight is 463 g/mol. The highest BCUT2D eigenvalue weighted by Gasteiger charge is 2.45. The molecule has 7 nitrogen and oxygen atoms in total. The van der Waals surface area contributed by atoms with E-state index in [0.29, 0.717) is 47.6 Å². The molecule has 0 amide bonds. The Kier molecular flexibility index (Phi) is 6.05. The Morgan fingerprint density at radius 3 is 2.25 bits per heavy atom. The summed E-state index contributed by atoms with van der Waals surface area (Å²) < 4.78 is 17.4. The minimum atomic E-state index is -1.49. The summed E-state index contributed by atoms with van der Waals surface area (Å²) in [6.07, 6.45) is -3.37. The summed E-state index contributed by atoms with van der Waals surface area (Å²) in [5.41, 5.74) is 3.66. The molecule has 4 N–H and O–H groups in total. The molecule has 2 aliphatic heterocycles. The van der Waals surface area contributed by atoms with E-state index in [-0.39, 0.29) is 0 Å². The van der Waals surface area contributed by atoms with E-state index in [2.05, 4.69) is 24.3 Å². The lowest BCUT2D eigenvalue weighted by atomic mass is 9.89. The molecule has 2 fully saturated rings. The van der Waals surface area contributed by atoms with Gasteiger partial charge < -0.3 is 34.6 Å². The second-order valence-corrected chi connectivity index (χ2v) is 9.11. The topological polar surface area (TPSA) is 109 Å². The summed E-state index contributed by atoms with van der Waals surface area (Å²) in [4.78, 5) is 0. The fourth-order valence-electron chi connectivity index (χ4n) is 4.50. The first-order valence-electron chi connectivity index (χ1n) is 11.0. The molecule has 172 valence electrons. The van der Waals surface area contributed by atoms with Gasteiger partial charge in [-0.15, -0.1) is 0 Å². The van der Waals surface area contributed by atoms with Gasteiger partial charge in [-0.2, -0.15) is 0 Å². The summed E-state index contributed by atoms with van der Waals surface area (Å²) in [5.74, 6) is 1.40. The third-order valence-corrected chi connectivity index (χ3v) is 6.89. The molecule has 1 saturated heterocycles. The van der Waals surface area contributed by atoms with Crippen LogP contribution in [0.15, 0.2) is 30.3 Å². The minimum absolute atomic E-state index is 0.301. The van der Waals surface area contributed by atoms with Gasteiger partial charge in [0, 0.05) is 5.56 Å². The van der Waals surface area contributed by atoms with Crippen molar-refractivity contribution >= 4 is 11.6 Å². The lowest BCUT2D eigenvalue weighted by Gasteiger charge is -2.41. The van der Waals surface area contributed by atoms with E-state index >= 15 is 0 Å². The zero-order valence-corrected chi connectivity index (χ0v) is 18.2. The predicted octanol–water partition coefficient (Wildman–Crippen LogP) is 2.09. The maximum absolute atomic E-state index is 10.7. The van der Waals surface area contributed by atoms with Gasteiger partial charge in [0.1, 0.15) is 43.7 Å². The Morgan fingerprint density at radius 1 is 0.906 bits per heavy atom. The maximum Gasteiger partial charge on any atom is 0.180 e. The number of aliphatic hydroxyl groups excluding tert-OH is 4. The highest BCUT2D eigenvalue weighted by molar-refractivity contribution is 6.33. The number of halogens is 1. The molecule has 5 rings (SSSR count). The van der Waals surface area contributed by atoms with Crippen molar-refractivity contribution in [2.24, 2.45) is 0 Å².